The number of methoxy groups -OCH3 is 1. The molecule has 40 heavy (non-hydrogen) atoms. The third-order valence-electron chi connectivity index (χ3n) is 7.01. The molecule has 5 N–H and O–H groups in total. The van der Waals surface area contributed by atoms with Crippen molar-refractivity contribution < 1.29 is 58.1 Å². The Bertz CT molecular complexity index is 1250. The van der Waals surface area contributed by atoms with Gasteiger partial charge in [0, 0.05) is 31.4 Å². The molecule has 220 valence electrons. The van der Waals surface area contributed by atoms with E-state index in [1.807, 2.05) is 0 Å². The van der Waals surface area contributed by atoms with E-state index < -0.39 is 85.3 Å². The number of aliphatic hydroxyl groups is 4. The van der Waals surface area contributed by atoms with Crippen LogP contribution in [0.1, 0.15) is 19.4 Å². The van der Waals surface area contributed by atoms with E-state index in [4.69, 9.17) is 28.1 Å². The molecule has 14 heteroatoms. The van der Waals surface area contributed by atoms with Crippen molar-refractivity contribution in [3.05, 3.63) is 46.3 Å². The third-order valence-corrected chi connectivity index (χ3v) is 7.01. The molecule has 0 aliphatic carbocycles. The van der Waals surface area contributed by atoms with Crippen LogP contribution in [0.5, 0.6) is 0 Å². The van der Waals surface area contributed by atoms with E-state index in [0.29, 0.717) is 16.5 Å². The summed E-state index contributed by atoms with van der Waals surface area (Å²) in [5, 5.41) is 44.9. The van der Waals surface area contributed by atoms with Crippen LogP contribution < -0.4 is 10.9 Å². The maximum absolute atomic E-state index is 13.2. The summed E-state index contributed by atoms with van der Waals surface area (Å²) in [7, 11) is 1.21. The van der Waals surface area contributed by atoms with Crippen LogP contribution in [-0.2, 0) is 39.9 Å². The zero-order chi connectivity index (χ0) is 29.1. The smallest absolute Gasteiger partial charge is 0.338 e. The first-order valence-electron chi connectivity index (χ1n) is 12.6. The summed E-state index contributed by atoms with van der Waals surface area (Å²) in [6.07, 6.45) is -11.6. The Labute approximate surface area is 228 Å². The van der Waals surface area contributed by atoms with Crippen LogP contribution in [0.3, 0.4) is 0 Å². The fourth-order valence-corrected chi connectivity index (χ4v) is 4.80. The van der Waals surface area contributed by atoms with Crippen molar-refractivity contribution in [2.24, 2.45) is 5.92 Å². The summed E-state index contributed by atoms with van der Waals surface area (Å²) >= 11 is 0. The normalized spacial score (nSPS) is 34.4. The first-order chi connectivity index (χ1) is 19.0. The summed E-state index contributed by atoms with van der Waals surface area (Å²) in [5.41, 5.74) is 0.243. The zero-order valence-corrected chi connectivity index (χ0v) is 22.0. The molecule has 10 atom stereocenters. The summed E-state index contributed by atoms with van der Waals surface area (Å²) in [6.45, 7) is 2.01. The molecule has 1 aromatic carbocycles. The van der Waals surface area contributed by atoms with Crippen molar-refractivity contribution in [2.45, 2.75) is 75.7 Å². The SMILES string of the molecule is COC1OC(C(=O)OCc2ccc3ccc(=O)oc3c2)C(OC2OC(CO)C(O)C(C)C2NC(C)=O)C(O)C1O. The number of carbonyl (C=O) groups is 2. The summed E-state index contributed by atoms with van der Waals surface area (Å²) in [5.74, 6) is -2.12. The number of ether oxygens (including phenoxy) is 5. The number of fused-ring (bicyclic) bond motifs is 1. The highest BCUT2D eigenvalue weighted by Crippen LogP contribution is 2.32. The second-order valence-corrected chi connectivity index (χ2v) is 9.78. The van der Waals surface area contributed by atoms with Crippen LogP contribution in [-0.4, -0.2) is 101 Å². The maximum atomic E-state index is 13.2. The molecule has 10 unspecified atom stereocenters. The minimum atomic E-state index is -1.73. The van der Waals surface area contributed by atoms with Gasteiger partial charge in [0.2, 0.25) is 5.91 Å². The Morgan fingerprint density at radius 3 is 2.42 bits per heavy atom. The molecule has 2 saturated heterocycles. The van der Waals surface area contributed by atoms with Crippen molar-refractivity contribution >= 4 is 22.8 Å². The highest BCUT2D eigenvalue weighted by molar-refractivity contribution is 5.78. The molecule has 4 rings (SSSR count). The Morgan fingerprint density at radius 1 is 1.02 bits per heavy atom. The highest BCUT2D eigenvalue weighted by Gasteiger charge is 2.53. The van der Waals surface area contributed by atoms with E-state index in [2.05, 4.69) is 5.32 Å². The molecule has 2 aliphatic heterocycles. The molecule has 1 aromatic heterocycles. The quantitative estimate of drug-likeness (QED) is 0.183. The molecule has 1 amide bonds. The van der Waals surface area contributed by atoms with Gasteiger partial charge in [-0.3, -0.25) is 4.79 Å². The second kappa shape index (κ2) is 12.7. The van der Waals surface area contributed by atoms with Gasteiger partial charge < -0.3 is 53.8 Å². The predicted molar refractivity (Wildman–Crippen MR) is 133 cm³/mol. The lowest BCUT2D eigenvalue weighted by Gasteiger charge is -2.47. The molecule has 2 fully saturated rings. The lowest BCUT2D eigenvalue weighted by Crippen LogP contribution is -2.66. The number of hydrogen-bond acceptors (Lipinski definition) is 13. The summed E-state index contributed by atoms with van der Waals surface area (Å²) in [4.78, 5) is 36.6. The molecule has 3 heterocycles. The van der Waals surface area contributed by atoms with Gasteiger partial charge in [-0.15, -0.1) is 0 Å². The minimum absolute atomic E-state index is 0.263. The van der Waals surface area contributed by atoms with E-state index in [0.717, 1.165) is 0 Å². The Morgan fingerprint density at radius 2 is 1.75 bits per heavy atom. The number of benzene rings is 1. The van der Waals surface area contributed by atoms with Crippen molar-refractivity contribution in [1.82, 2.24) is 5.32 Å². The van der Waals surface area contributed by atoms with Gasteiger partial charge in [-0.1, -0.05) is 19.1 Å². The summed E-state index contributed by atoms with van der Waals surface area (Å²) in [6, 6.07) is 6.80. The monoisotopic (exact) mass is 567 g/mol. The third kappa shape index (κ3) is 6.34. The molecular weight excluding hydrogens is 534 g/mol. The lowest BCUT2D eigenvalue weighted by atomic mass is 9.88. The first-order valence-corrected chi connectivity index (χ1v) is 12.6. The van der Waals surface area contributed by atoms with Gasteiger partial charge >= 0.3 is 11.6 Å². The van der Waals surface area contributed by atoms with Gasteiger partial charge in [0.05, 0.1) is 18.8 Å². The maximum Gasteiger partial charge on any atom is 0.338 e. The van der Waals surface area contributed by atoms with Crippen molar-refractivity contribution in [3.63, 3.8) is 0 Å². The molecule has 2 aromatic rings. The topological polar surface area (TPSA) is 203 Å². The van der Waals surface area contributed by atoms with Crippen LogP contribution in [0.25, 0.3) is 11.0 Å². The fourth-order valence-electron chi connectivity index (χ4n) is 4.80. The molecule has 14 nitrogen and oxygen atoms in total. The molecule has 2 aliphatic rings. The van der Waals surface area contributed by atoms with E-state index >= 15 is 0 Å². The van der Waals surface area contributed by atoms with Gasteiger partial charge in [-0.05, 0) is 17.7 Å². The Kier molecular flexibility index (Phi) is 9.53. The molecule has 0 spiro atoms. The van der Waals surface area contributed by atoms with Gasteiger partial charge in [0.1, 0.15) is 36.6 Å². The van der Waals surface area contributed by atoms with E-state index in [1.165, 1.54) is 26.2 Å². The van der Waals surface area contributed by atoms with Gasteiger partial charge in [-0.2, -0.15) is 0 Å². The number of amides is 1. The number of aliphatic hydroxyl groups excluding tert-OH is 4. The Hall–Kier alpha value is -2.95. The molecule has 0 saturated carbocycles. The number of carbonyl (C=O) groups excluding carboxylic acids is 2. The van der Waals surface area contributed by atoms with Gasteiger partial charge in [-0.25, -0.2) is 9.59 Å². The van der Waals surface area contributed by atoms with Crippen molar-refractivity contribution in [2.75, 3.05) is 13.7 Å². The molecule has 0 radical (unpaired) electrons. The number of hydrogen-bond donors (Lipinski definition) is 5. The summed E-state index contributed by atoms with van der Waals surface area (Å²) < 4.78 is 32.8. The average Bonchev–Trinajstić information content (AvgIpc) is 2.93. The minimum Gasteiger partial charge on any atom is -0.459 e. The largest absolute Gasteiger partial charge is 0.459 e. The van der Waals surface area contributed by atoms with Crippen LogP contribution in [0.4, 0.5) is 0 Å². The highest BCUT2D eigenvalue weighted by atomic mass is 16.7. The van der Waals surface area contributed by atoms with E-state index in [9.17, 15) is 34.8 Å². The van der Waals surface area contributed by atoms with E-state index in [-0.39, 0.29) is 6.61 Å². The predicted octanol–water partition coefficient (Wildman–Crippen LogP) is -1.47. The lowest BCUT2D eigenvalue weighted by molar-refractivity contribution is -0.335. The number of rotatable bonds is 8. The molecule has 0 bridgehead atoms. The number of esters is 1. The van der Waals surface area contributed by atoms with Crippen LogP contribution in [0.2, 0.25) is 0 Å². The zero-order valence-electron chi connectivity index (χ0n) is 22.0. The number of nitrogens with one attached hydrogen (secondary N) is 1. The first kappa shape index (κ1) is 30.0. The fraction of sp³-hybridized carbons (Fsp3) is 0.577. The van der Waals surface area contributed by atoms with Gasteiger partial charge in [0.25, 0.3) is 0 Å². The van der Waals surface area contributed by atoms with Gasteiger partial charge in [0.15, 0.2) is 18.7 Å². The van der Waals surface area contributed by atoms with Crippen LogP contribution >= 0.6 is 0 Å². The average molecular weight is 568 g/mol. The van der Waals surface area contributed by atoms with Crippen LogP contribution in [0.15, 0.2) is 39.5 Å². The van der Waals surface area contributed by atoms with Crippen molar-refractivity contribution in [3.8, 4) is 0 Å². The van der Waals surface area contributed by atoms with Crippen molar-refractivity contribution in [1.29, 1.82) is 0 Å². The van der Waals surface area contributed by atoms with Crippen LogP contribution in [0, 0.1) is 5.92 Å². The Balaban J connectivity index is 1.56. The standard InChI is InChI=1S/C26H33NO13/c1-11-18(27-12(2)29)25(38-16(9-28)19(11)31)39-22-20(32)21(33)26(35-3)40-23(22)24(34)36-10-13-4-5-14-6-7-17(30)37-15(14)8-13/h4-8,11,16,18-23,25-26,28,31-33H,9-10H2,1-3H3,(H,27,29). The molecular formula is C26H33NO13. The van der Waals surface area contributed by atoms with E-state index in [1.54, 1.807) is 25.1 Å². The second-order valence-electron chi connectivity index (χ2n) is 9.78.